The van der Waals surface area contributed by atoms with Crippen molar-refractivity contribution in [3.05, 3.63) is 36.5 Å². The summed E-state index contributed by atoms with van der Waals surface area (Å²) in [5.74, 6) is -0.796. The third-order valence-electron chi connectivity index (χ3n) is 20.5. The van der Waals surface area contributed by atoms with E-state index in [1.807, 2.05) is 0 Å². The second-order valence-electron chi connectivity index (χ2n) is 30.5. The molecule has 0 saturated heterocycles. The number of carbonyl (C=O) groups excluding carboxylic acids is 2. The van der Waals surface area contributed by atoms with E-state index < -0.39 is 26.5 Å². The highest BCUT2D eigenvalue weighted by Gasteiger charge is 2.26. The third-order valence-corrected chi connectivity index (χ3v) is 21.5. The van der Waals surface area contributed by atoms with Gasteiger partial charge >= 0.3 is 19.8 Å². The fourth-order valence-electron chi connectivity index (χ4n) is 13.9. The highest BCUT2D eigenvalue weighted by atomic mass is 31.2. The van der Waals surface area contributed by atoms with Crippen molar-refractivity contribution in [1.29, 1.82) is 0 Å². The summed E-state index contributed by atoms with van der Waals surface area (Å²) in [7, 11) is -4.40. The Labute approximate surface area is 617 Å². The number of phosphoric acid groups is 1. The maximum absolute atomic E-state index is 12.8. The Kier molecular flexibility index (Phi) is 83.6. The van der Waals surface area contributed by atoms with Crippen molar-refractivity contribution in [2.75, 3.05) is 26.4 Å². The van der Waals surface area contributed by atoms with E-state index in [2.05, 4.69) is 50.3 Å². The molecule has 2 unspecified atom stereocenters. The lowest BCUT2D eigenvalue weighted by molar-refractivity contribution is -0.161. The van der Waals surface area contributed by atoms with Gasteiger partial charge in [-0.05, 0) is 70.6 Å². The average molecular weight is 1420 g/mol. The Hall–Kier alpha value is -1.77. The van der Waals surface area contributed by atoms with Crippen molar-refractivity contribution in [1.82, 2.24) is 0 Å². The first-order chi connectivity index (χ1) is 48.8. The minimum absolute atomic E-state index is 0.0573. The minimum Gasteiger partial charge on any atom is -0.462 e. The number of nitrogens with two attached hydrogens (primary N) is 1. The van der Waals surface area contributed by atoms with Gasteiger partial charge in [-0.25, -0.2) is 4.57 Å². The maximum Gasteiger partial charge on any atom is 0.472 e. The molecule has 9 nitrogen and oxygen atoms in total. The van der Waals surface area contributed by atoms with Crippen LogP contribution in [0, 0.1) is 0 Å². The van der Waals surface area contributed by atoms with E-state index in [-0.39, 0.29) is 38.6 Å². The number of esters is 2. The van der Waals surface area contributed by atoms with Gasteiger partial charge in [0.05, 0.1) is 13.2 Å². The number of unbranched alkanes of at least 4 members (excludes halogenated alkanes) is 67. The molecule has 0 fully saturated rings. The van der Waals surface area contributed by atoms with Crippen molar-refractivity contribution in [2.45, 2.75) is 495 Å². The molecule has 0 amide bonds. The SMILES string of the molecule is CCCCCCC/C=C\C/C=C\CCCCCCCCCCCCCCCCCCCCCCCCCCCCCCCC(=O)OC(COC(=O)CCCCCCCCCCCCCCCCCCCCCCCCCCC/C=C\CCCCCCCCCC)COP(=O)(O)OCCN. The lowest BCUT2D eigenvalue weighted by Crippen LogP contribution is -2.29. The molecule has 0 bridgehead atoms. The quantitative estimate of drug-likeness (QED) is 0.0264. The van der Waals surface area contributed by atoms with E-state index in [1.54, 1.807) is 0 Å². The lowest BCUT2D eigenvalue weighted by Gasteiger charge is -2.19. The van der Waals surface area contributed by atoms with Crippen molar-refractivity contribution in [2.24, 2.45) is 5.73 Å². The molecule has 2 atom stereocenters. The topological polar surface area (TPSA) is 134 Å². The van der Waals surface area contributed by atoms with Crippen LogP contribution in [0.3, 0.4) is 0 Å². The molecule has 0 spiro atoms. The summed E-state index contributed by atoms with van der Waals surface area (Å²) in [5.41, 5.74) is 5.43. The van der Waals surface area contributed by atoms with Crippen LogP contribution >= 0.6 is 7.82 Å². The van der Waals surface area contributed by atoms with E-state index in [0.717, 1.165) is 38.5 Å². The average Bonchev–Trinajstić information content (AvgIpc) is 1.19. The van der Waals surface area contributed by atoms with Gasteiger partial charge in [0.25, 0.3) is 0 Å². The number of rotatable bonds is 86. The molecule has 3 N–H and O–H groups in total. The fraction of sp³-hybridized carbons (Fsp3) is 0.910. The van der Waals surface area contributed by atoms with Gasteiger partial charge in [-0.2, -0.15) is 0 Å². The smallest absolute Gasteiger partial charge is 0.462 e. The summed E-state index contributed by atoms with van der Waals surface area (Å²) in [4.78, 5) is 35.5. The Balaban J connectivity index is 3.69. The molecule has 0 rings (SSSR count). The summed E-state index contributed by atoms with van der Waals surface area (Å²) in [6, 6.07) is 0. The van der Waals surface area contributed by atoms with Crippen molar-refractivity contribution >= 4 is 19.8 Å². The Bertz CT molecular complexity index is 1720. The molecule has 586 valence electrons. The van der Waals surface area contributed by atoms with E-state index in [0.29, 0.717) is 6.42 Å². The van der Waals surface area contributed by atoms with Crippen LogP contribution < -0.4 is 5.73 Å². The normalized spacial score (nSPS) is 12.9. The van der Waals surface area contributed by atoms with Crippen LogP contribution in [-0.4, -0.2) is 49.3 Å². The third kappa shape index (κ3) is 85.1. The predicted molar refractivity (Wildman–Crippen MR) is 432 cm³/mol. The standard InChI is InChI=1S/C89H172NO8P/c1-3-5-7-9-11-13-15-17-19-21-23-25-27-29-31-33-35-37-39-41-42-43-44-46-48-50-52-54-56-58-60-62-64-66-68-70-72-74-76-78-80-82-89(92)98-87(86-97-99(93,94)96-84-83-90)85-95-88(91)81-79-77-75-73-71-69-67-65-63-61-59-57-55-53-51-49-47-45-40-38-36-34-32-30-28-26-24-22-20-18-16-14-12-10-8-6-4-2/h15,17,21-24,87H,3-14,16,18-20,25-86,90H2,1-2H3,(H,93,94)/b17-15-,23-21-,24-22-. The zero-order valence-electron chi connectivity index (χ0n) is 66.5. The van der Waals surface area contributed by atoms with E-state index in [9.17, 15) is 19.0 Å². The van der Waals surface area contributed by atoms with Crippen molar-refractivity contribution in [3.63, 3.8) is 0 Å². The molecule has 0 aromatic heterocycles. The first kappa shape index (κ1) is 97.2. The lowest BCUT2D eigenvalue weighted by atomic mass is 10.0. The van der Waals surface area contributed by atoms with Crippen LogP contribution in [-0.2, 0) is 32.7 Å². The second-order valence-corrected chi connectivity index (χ2v) is 31.9. The molecule has 0 aliphatic rings. The van der Waals surface area contributed by atoms with Gasteiger partial charge in [-0.1, -0.05) is 442 Å². The van der Waals surface area contributed by atoms with Crippen LogP contribution in [0.1, 0.15) is 489 Å². The molecule has 0 aromatic rings. The summed E-state index contributed by atoms with van der Waals surface area (Å²) in [6.07, 6.45) is 111. The number of ether oxygens (including phenoxy) is 2. The first-order valence-electron chi connectivity index (χ1n) is 44.5. The van der Waals surface area contributed by atoms with Gasteiger partial charge in [0.15, 0.2) is 6.10 Å². The highest BCUT2D eigenvalue weighted by molar-refractivity contribution is 7.47. The summed E-state index contributed by atoms with van der Waals surface area (Å²) in [6.45, 7) is 3.83. The molecule has 0 radical (unpaired) electrons. The van der Waals surface area contributed by atoms with Crippen LogP contribution in [0.5, 0.6) is 0 Å². The van der Waals surface area contributed by atoms with Gasteiger partial charge in [0.2, 0.25) is 0 Å². The van der Waals surface area contributed by atoms with Crippen LogP contribution in [0.15, 0.2) is 36.5 Å². The van der Waals surface area contributed by atoms with Gasteiger partial charge < -0.3 is 20.1 Å². The molecule has 0 aliphatic heterocycles. The van der Waals surface area contributed by atoms with E-state index >= 15 is 0 Å². The largest absolute Gasteiger partial charge is 0.472 e. The van der Waals surface area contributed by atoms with Crippen LogP contribution in [0.4, 0.5) is 0 Å². The van der Waals surface area contributed by atoms with Gasteiger partial charge in [-0.3, -0.25) is 18.6 Å². The first-order valence-corrected chi connectivity index (χ1v) is 46.0. The number of carbonyl (C=O) groups is 2. The van der Waals surface area contributed by atoms with Crippen LogP contribution in [0.2, 0.25) is 0 Å². The Morgan fingerprint density at radius 3 is 0.778 bits per heavy atom. The highest BCUT2D eigenvalue weighted by Crippen LogP contribution is 2.43. The summed E-state index contributed by atoms with van der Waals surface area (Å²) in [5, 5.41) is 0. The molecule has 0 aliphatic carbocycles. The van der Waals surface area contributed by atoms with Crippen molar-refractivity contribution < 1.29 is 37.6 Å². The molecule has 10 heteroatoms. The number of hydrogen-bond acceptors (Lipinski definition) is 8. The molecule has 0 heterocycles. The Morgan fingerprint density at radius 1 is 0.303 bits per heavy atom. The predicted octanol–water partition coefficient (Wildman–Crippen LogP) is 30.1. The zero-order valence-corrected chi connectivity index (χ0v) is 67.4. The van der Waals surface area contributed by atoms with Crippen LogP contribution in [0.25, 0.3) is 0 Å². The Morgan fingerprint density at radius 2 is 0.525 bits per heavy atom. The second kappa shape index (κ2) is 85.2. The monoisotopic (exact) mass is 1410 g/mol. The maximum atomic E-state index is 12.8. The van der Waals surface area contributed by atoms with Gasteiger partial charge in [0.1, 0.15) is 6.61 Å². The summed E-state index contributed by atoms with van der Waals surface area (Å²) >= 11 is 0. The van der Waals surface area contributed by atoms with Gasteiger partial charge in [0, 0.05) is 19.4 Å². The molecule has 99 heavy (non-hydrogen) atoms. The summed E-state index contributed by atoms with van der Waals surface area (Å²) < 4.78 is 33.3. The van der Waals surface area contributed by atoms with Gasteiger partial charge in [-0.15, -0.1) is 0 Å². The minimum atomic E-state index is -4.40. The zero-order chi connectivity index (χ0) is 71.5. The number of hydrogen-bond donors (Lipinski definition) is 2. The van der Waals surface area contributed by atoms with E-state index in [1.165, 1.54) is 417 Å². The van der Waals surface area contributed by atoms with Crippen molar-refractivity contribution in [3.8, 4) is 0 Å². The van der Waals surface area contributed by atoms with E-state index in [4.69, 9.17) is 24.3 Å². The molecule has 0 saturated carbocycles. The molecular weight excluding hydrogens is 1240 g/mol. The number of allylic oxidation sites excluding steroid dienone is 6. The fourth-order valence-corrected chi connectivity index (χ4v) is 14.7. The molecule has 0 aromatic carbocycles. The molecular formula is C89H172NO8P. The number of phosphoric ester groups is 1.